The van der Waals surface area contributed by atoms with Crippen LogP contribution < -0.4 is 0 Å². The predicted octanol–water partition coefficient (Wildman–Crippen LogP) is 12.1. The van der Waals surface area contributed by atoms with E-state index in [0.717, 1.165) is 49.5 Å². The maximum atomic E-state index is 6.37. The fourth-order valence-electron chi connectivity index (χ4n) is 7.39. The minimum atomic E-state index is 0.893. The number of benzene rings is 8. The lowest BCUT2D eigenvalue weighted by molar-refractivity contribution is 0.669. The van der Waals surface area contributed by atoms with E-state index in [4.69, 9.17) is 9.40 Å². The second kappa shape index (κ2) is 9.25. The highest BCUT2D eigenvalue weighted by atomic mass is 16.3. The first-order chi connectivity index (χ1) is 22.3. The smallest absolute Gasteiger partial charge is 0.136 e. The summed E-state index contributed by atoms with van der Waals surface area (Å²) in [6, 6.07) is 54.2. The Balaban J connectivity index is 1.30. The Morgan fingerprint density at radius 1 is 0.333 bits per heavy atom. The van der Waals surface area contributed by atoms with Gasteiger partial charge in [0.2, 0.25) is 0 Å². The Bertz CT molecular complexity index is 2770. The quantitative estimate of drug-likeness (QED) is 0.193. The summed E-state index contributed by atoms with van der Waals surface area (Å²) in [6.45, 7) is 0. The molecule has 0 saturated heterocycles. The van der Waals surface area contributed by atoms with Gasteiger partial charge < -0.3 is 4.42 Å². The molecule has 0 saturated carbocycles. The van der Waals surface area contributed by atoms with E-state index in [0.29, 0.717) is 0 Å². The summed E-state index contributed by atoms with van der Waals surface area (Å²) in [7, 11) is 0. The van der Waals surface area contributed by atoms with Crippen LogP contribution in [-0.2, 0) is 0 Å². The molecule has 0 spiro atoms. The molecule has 0 N–H and O–H groups in total. The zero-order valence-electron chi connectivity index (χ0n) is 24.3. The van der Waals surface area contributed by atoms with E-state index in [-0.39, 0.29) is 0 Å². The highest BCUT2D eigenvalue weighted by Gasteiger charge is 2.18. The molecule has 10 rings (SSSR count). The first-order valence-corrected chi connectivity index (χ1v) is 15.4. The first kappa shape index (κ1) is 24.5. The summed E-state index contributed by atoms with van der Waals surface area (Å²) in [5.74, 6) is 0. The number of fused-ring (bicyclic) bond motifs is 13. The SMILES string of the molecule is c1ccc(-c2nc3ccc(-c4ccc5c6ccccc6c6ccccc6c5c4)cc3c3c2ccc2oc4ccccc4c23)cc1. The van der Waals surface area contributed by atoms with Crippen LogP contribution in [0, 0.1) is 0 Å². The second-order valence-corrected chi connectivity index (χ2v) is 11.9. The number of para-hydroxylation sites is 1. The van der Waals surface area contributed by atoms with Crippen molar-refractivity contribution in [2.45, 2.75) is 0 Å². The summed E-state index contributed by atoms with van der Waals surface area (Å²) in [5.41, 5.74) is 7.22. The summed E-state index contributed by atoms with van der Waals surface area (Å²) >= 11 is 0. The van der Waals surface area contributed by atoms with E-state index < -0.39 is 0 Å². The van der Waals surface area contributed by atoms with Crippen LogP contribution in [-0.4, -0.2) is 4.98 Å². The molecular formula is C43H25NO. The summed E-state index contributed by atoms with van der Waals surface area (Å²) in [4.78, 5) is 5.27. The topological polar surface area (TPSA) is 26.0 Å². The molecule has 45 heavy (non-hydrogen) atoms. The molecule has 0 fully saturated rings. The molecule has 2 nitrogen and oxygen atoms in total. The molecule has 0 radical (unpaired) electrons. The second-order valence-electron chi connectivity index (χ2n) is 11.9. The van der Waals surface area contributed by atoms with Crippen molar-refractivity contribution in [3.8, 4) is 22.4 Å². The molecule has 0 atom stereocenters. The Kier molecular flexibility index (Phi) is 5.03. The largest absolute Gasteiger partial charge is 0.456 e. The summed E-state index contributed by atoms with van der Waals surface area (Å²) in [6.07, 6.45) is 0. The van der Waals surface area contributed by atoms with Crippen LogP contribution >= 0.6 is 0 Å². The molecule has 2 heteroatoms. The standard InChI is InChI=1S/C43H25NO/c1-2-10-26(11-3-1)43-35-21-23-40-42(34-16-8-9-17-39(34)45-40)41(35)37-25-28(19-22-38(37)44-43)27-18-20-33-31-14-5-4-12-29(31)30-13-6-7-15-32(30)36(33)24-27/h1-25H. The predicted molar refractivity (Wildman–Crippen MR) is 190 cm³/mol. The maximum Gasteiger partial charge on any atom is 0.136 e. The van der Waals surface area contributed by atoms with Gasteiger partial charge in [0.1, 0.15) is 11.2 Å². The fourth-order valence-corrected chi connectivity index (χ4v) is 7.39. The van der Waals surface area contributed by atoms with E-state index in [9.17, 15) is 0 Å². The molecule has 2 heterocycles. The van der Waals surface area contributed by atoms with Crippen LogP contribution in [0.1, 0.15) is 0 Å². The average Bonchev–Trinajstić information content (AvgIpc) is 3.50. The third kappa shape index (κ3) is 3.54. The van der Waals surface area contributed by atoms with E-state index in [2.05, 4.69) is 146 Å². The molecule has 8 aromatic carbocycles. The van der Waals surface area contributed by atoms with Crippen LogP contribution in [0.3, 0.4) is 0 Å². The molecule has 10 aromatic rings. The van der Waals surface area contributed by atoms with Gasteiger partial charge in [-0.25, -0.2) is 4.98 Å². The van der Waals surface area contributed by atoms with E-state index in [1.165, 1.54) is 48.8 Å². The minimum Gasteiger partial charge on any atom is -0.456 e. The van der Waals surface area contributed by atoms with Gasteiger partial charge in [-0.1, -0.05) is 115 Å². The van der Waals surface area contributed by atoms with Crippen molar-refractivity contribution in [3.63, 3.8) is 0 Å². The third-order valence-corrected chi connectivity index (χ3v) is 9.42. The lowest BCUT2D eigenvalue weighted by Gasteiger charge is -2.14. The minimum absolute atomic E-state index is 0.893. The van der Waals surface area contributed by atoms with Crippen molar-refractivity contribution in [3.05, 3.63) is 152 Å². The molecule has 0 aliphatic rings. The number of aromatic nitrogens is 1. The monoisotopic (exact) mass is 571 g/mol. The zero-order chi connectivity index (χ0) is 29.5. The van der Waals surface area contributed by atoms with Crippen molar-refractivity contribution in [2.75, 3.05) is 0 Å². The van der Waals surface area contributed by atoms with Crippen LogP contribution in [0.5, 0.6) is 0 Å². The van der Waals surface area contributed by atoms with Gasteiger partial charge in [-0.3, -0.25) is 0 Å². The molecule has 0 unspecified atom stereocenters. The Morgan fingerprint density at radius 2 is 0.889 bits per heavy atom. The van der Waals surface area contributed by atoms with E-state index in [1.807, 2.05) is 6.07 Å². The number of pyridine rings is 1. The van der Waals surface area contributed by atoms with E-state index >= 15 is 0 Å². The van der Waals surface area contributed by atoms with Gasteiger partial charge in [-0.2, -0.15) is 0 Å². The lowest BCUT2D eigenvalue weighted by atomic mass is 9.91. The fraction of sp³-hybridized carbons (Fsp3) is 0. The maximum absolute atomic E-state index is 6.37. The highest BCUT2D eigenvalue weighted by molar-refractivity contribution is 6.29. The number of furan rings is 1. The normalized spacial score (nSPS) is 12.0. The van der Waals surface area contributed by atoms with Crippen molar-refractivity contribution in [1.82, 2.24) is 4.98 Å². The van der Waals surface area contributed by atoms with Crippen molar-refractivity contribution in [2.24, 2.45) is 0 Å². The van der Waals surface area contributed by atoms with Gasteiger partial charge in [-0.05, 0) is 79.8 Å². The van der Waals surface area contributed by atoms with Crippen LogP contribution in [0.15, 0.2) is 156 Å². The molecule has 0 bridgehead atoms. The van der Waals surface area contributed by atoms with Gasteiger partial charge in [0, 0.05) is 32.5 Å². The Hall–Kier alpha value is -5.99. The van der Waals surface area contributed by atoms with Crippen LogP contribution in [0.4, 0.5) is 0 Å². The molecule has 2 aromatic heterocycles. The Morgan fingerprint density at radius 3 is 1.62 bits per heavy atom. The average molecular weight is 572 g/mol. The van der Waals surface area contributed by atoms with Gasteiger partial charge in [0.15, 0.2) is 0 Å². The first-order valence-electron chi connectivity index (χ1n) is 15.4. The third-order valence-electron chi connectivity index (χ3n) is 9.42. The molecule has 0 amide bonds. The summed E-state index contributed by atoms with van der Waals surface area (Å²) in [5, 5.41) is 13.4. The highest BCUT2D eigenvalue weighted by Crippen LogP contribution is 2.43. The van der Waals surface area contributed by atoms with Gasteiger partial charge in [0.05, 0.1) is 11.2 Å². The van der Waals surface area contributed by atoms with Crippen molar-refractivity contribution >= 4 is 75.9 Å². The zero-order valence-corrected chi connectivity index (χ0v) is 24.3. The molecular weight excluding hydrogens is 546 g/mol. The van der Waals surface area contributed by atoms with Crippen molar-refractivity contribution in [1.29, 1.82) is 0 Å². The number of hydrogen-bond donors (Lipinski definition) is 0. The molecule has 0 aliphatic carbocycles. The molecule has 208 valence electrons. The number of nitrogens with zero attached hydrogens (tertiary/aromatic N) is 1. The van der Waals surface area contributed by atoms with Gasteiger partial charge in [0.25, 0.3) is 0 Å². The van der Waals surface area contributed by atoms with Crippen LogP contribution in [0.25, 0.3) is 98.3 Å². The molecule has 0 aliphatic heterocycles. The van der Waals surface area contributed by atoms with E-state index in [1.54, 1.807) is 0 Å². The summed E-state index contributed by atoms with van der Waals surface area (Å²) < 4.78 is 6.37. The van der Waals surface area contributed by atoms with Gasteiger partial charge in [-0.15, -0.1) is 0 Å². The van der Waals surface area contributed by atoms with Crippen molar-refractivity contribution < 1.29 is 4.42 Å². The number of hydrogen-bond acceptors (Lipinski definition) is 2. The number of rotatable bonds is 2. The van der Waals surface area contributed by atoms with Crippen LogP contribution in [0.2, 0.25) is 0 Å². The lowest BCUT2D eigenvalue weighted by Crippen LogP contribution is -1.91. The van der Waals surface area contributed by atoms with Gasteiger partial charge >= 0.3 is 0 Å². The Labute approximate surface area is 258 Å².